The second-order valence-corrected chi connectivity index (χ2v) is 13.0. The molecule has 2 aromatic carbocycles. The van der Waals surface area contributed by atoms with Gasteiger partial charge in [0, 0.05) is 48.0 Å². The standard InChI is InChI=1S/C35H42N8O5/c1-35(2,3)48-34(46)37-20-23-7-11-26(12-8-23)32(44)39-29(33(45)38-28-16-13-25(14-17-28)31-40-42-43-41-31)19-22-5-9-24(10-6-22)27-15-18-30(47-4)36-21-27/h5-6,9-10,13-18,21,23,26,29H,7-8,11-12,19-20H2,1-4H3,(H,37,46)(H,38,45)(H,39,44)(H,40,41,42,43). The minimum Gasteiger partial charge on any atom is -0.481 e. The van der Waals surface area contributed by atoms with E-state index in [4.69, 9.17) is 9.47 Å². The molecule has 1 unspecified atom stereocenters. The average Bonchev–Trinajstić information content (AvgIpc) is 3.63. The highest BCUT2D eigenvalue weighted by molar-refractivity contribution is 5.97. The summed E-state index contributed by atoms with van der Waals surface area (Å²) in [4.78, 5) is 43.5. The molecule has 0 radical (unpaired) electrons. The fourth-order valence-electron chi connectivity index (χ4n) is 5.63. The van der Waals surface area contributed by atoms with Crippen molar-refractivity contribution in [1.29, 1.82) is 0 Å². The lowest BCUT2D eigenvalue weighted by Crippen LogP contribution is -2.48. The normalized spacial score (nSPS) is 16.8. The van der Waals surface area contributed by atoms with Gasteiger partial charge in [0.1, 0.15) is 11.6 Å². The Bertz CT molecular complexity index is 1650. The smallest absolute Gasteiger partial charge is 0.407 e. The van der Waals surface area contributed by atoms with E-state index in [1.165, 1.54) is 0 Å². The van der Waals surface area contributed by atoms with Gasteiger partial charge in [0.2, 0.25) is 23.5 Å². The van der Waals surface area contributed by atoms with Gasteiger partial charge in [0.15, 0.2) is 0 Å². The van der Waals surface area contributed by atoms with Crippen LogP contribution in [0.4, 0.5) is 10.5 Å². The number of ether oxygens (including phenoxy) is 2. The summed E-state index contributed by atoms with van der Waals surface area (Å²) >= 11 is 0. The van der Waals surface area contributed by atoms with E-state index in [1.807, 2.05) is 51.1 Å². The Kier molecular flexibility index (Phi) is 11.0. The van der Waals surface area contributed by atoms with E-state index in [-0.39, 0.29) is 23.7 Å². The number of benzene rings is 2. The van der Waals surface area contributed by atoms with Crippen LogP contribution in [0.2, 0.25) is 0 Å². The lowest BCUT2D eigenvalue weighted by molar-refractivity contribution is -0.130. The maximum atomic E-state index is 13.7. The van der Waals surface area contributed by atoms with Crippen LogP contribution in [0, 0.1) is 11.8 Å². The monoisotopic (exact) mass is 654 g/mol. The van der Waals surface area contributed by atoms with Crippen molar-refractivity contribution in [3.05, 3.63) is 72.4 Å². The summed E-state index contributed by atoms with van der Waals surface area (Å²) in [5.74, 6) is 0.543. The zero-order chi connectivity index (χ0) is 34.1. The van der Waals surface area contributed by atoms with Crippen LogP contribution >= 0.6 is 0 Å². The largest absolute Gasteiger partial charge is 0.481 e. The van der Waals surface area contributed by atoms with Crippen molar-refractivity contribution >= 4 is 23.6 Å². The third-order valence-electron chi connectivity index (χ3n) is 8.21. The number of nitrogens with one attached hydrogen (secondary N) is 4. The highest BCUT2D eigenvalue weighted by Crippen LogP contribution is 2.29. The van der Waals surface area contributed by atoms with Crippen LogP contribution < -0.4 is 20.7 Å². The zero-order valence-electron chi connectivity index (χ0n) is 27.7. The van der Waals surface area contributed by atoms with Gasteiger partial charge in [-0.15, -0.1) is 10.2 Å². The third kappa shape index (κ3) is 9.60. The molecule has 0 bridgehead atoms. The number of alkyl carbamates (subject to hydrolysis) is 1. The molecule has 1 atom stereocenters. The Morgan fingerprint density at radius 2 is 1.60 bits per heavy atom. The first kappa shape index (κ1) is 34.0. The van der Waals surface area contributed by atoms with Crippen molar-refractivity contribution in [3.63, 3.8) is 0 Å². The predicted octanol–water partition coefficient (Wildman–Crippen LogP) is 4.93. The minimum absolute atomic E-state index is 0.151. The number of H-pyrrole nitrogens is 1. The minimum atomic E-state index is -0.811. The van der Waals surface area contributed by atoms with Gasteiger partial charge in [0.05, 0.1) is 7.11 Å². The van der Waals surface area contributed by atoms with Crippen LogP contribution in [0.5, 0.6) is 5.88 Å². The van der Waals surface area contributed by atoms with Crippen molar-refractivity contribution < 1.29 is 23.9 Å². The van der Waals surface area contributed by atoms with Gasteiger partial charge in [-0.2, -0.15) is 5.21 Å². The molecular formula is C35H42N8O5. The van der Waals surface area contributed by atoms with Gasteiger partial charge >= 0.3 is 6.09 Å². The first-order valence-corrected chi connectivity index (χ1v) is 16.1. The molecule has 1 aliphatic carbocycles. The summed E-state index contributed by atoms with van der Waals surface area (Å²) in [6, 6.07) is 17.9. The van der Waals surface area contributed by atoms with Crippen LogP contribution in [0.15, 0.2) is 66.9 Å². The van der Waals surface area contributed by atoms with E-state index in [9.17, 15) is 14.4 Å². The second kappa shape index (κ2) is 15.5. The Hall–Kier alpha value is -5.33. The van der Waals surface area contributed by atoms with Gasteiger partial charge in [-0.3, -0.25) is 9.59 Å². The SMILES string of the molecule is COc1ccc(-c2ccc(CC(NC(=O)C3CCC(CNC(=O)OC(C)(C)C)CC3)C(=O)Nc3ccc(-c4nn[nH]n4)cc3)cc2)cn1. The van der Waals surface area contributed by atoms with E-state index in [1.54, 1.807) is 43.6 Å². The Morgan fingerprint density at radius 1 is 0.917 bits per heavy atom. The van der Waals surface area contributed by atoms with Crippen molar-refractivity contribution in [2.24, 2.45) is 11.8 Å². The number of anilines is 1. The van der Waals surface area contributed by atoms with Crippen molar-refractivity contribution in [3.8, 4) is 28.4 Å². The molecule has 252 valence electrons. The molecular weight excluding hydrogens is 612 g/mol. The van der Waals surface area contributed by atoms with Crippen LogP contribution in [0.1, 0.15) is 52.0 Å². The molecule has 3 amide bonds. The number of rotatable bonds is 11. The van der Waals surface area contributed by atoms with E-state index >= 15 is 0 Å². The fraction of sp³-hybridized carbons (Fsp3) is 0.400. The summed E-state index contributed by atoms with van der Waals surface area (Å²) < 4.78 is 10.5. The van der Waals surface area contributed by atoms with E-state index in [0.717, 1.165) is 35.1 Å². The van der Waals surface area contributed by atoms with Crippen LogP contribution in [-0.4, -0.2) is 68.8 Å². The molecule has 1 fully saturated rings. The maximum absolute atomic E-state index is 13.7. The molecule has 13 heteroatoms. The fourth-order valence-corrected chi connectivity index (χ4v) is 5.63. The summed E-state index contributed by atoms with van der Waals surface area (Å²) in [5, 5.41) is 22.8. The Balaban J connectivity index is 1.23. The Labute approximate surface area is 279 Å². The topological polar surface area (TPSA) is 173 Å². The molecule has 4 N–H and O–H groups in total. The van der Waals surface area contributed by atoms with E-state index in [0.29, 0.717) is 43.2 Å². The summed E-state index contributed by atoms with van der Waals surface area (Å²) in [6.45, 7) is 5.98. The number of hydrogen-bond donors (Lipinski definition) is 4. The quantitative estimate of drug-likeness (QED) is 0.175. The highest BCUT2D eigenvalue weighted by atomic mass is 16.6. The maximum Gasteiger partial charge on any atom is 0.407 e. The molecule has 0 aliphatic heterocycles. The molecule has 1 saturated carbocycles. The number of tetrazole rings is 1. The number of amides is 3. The molecule has 48 heavy (non-hydrogen) atoms. The number of hydrogen-bond acceptors (Lipinski definition) is 9. The number of aromatic amines is 1. The number of aromatic nitrogens is 5. The predicted molar refractivity (Wildman–Crippen MR) is 180 cm³/mol. The summed E-state index contributed by atoms with van der Waals surface area (Å²) in [6.07, 6.45) is 4.53. The van der Waals surface area contributed by atoms with Crippen LogP contribution in [-0.2, 0) is 20.7 Å². The number of methoxy groups -OCH3 is 1. The van der Waals surface area contributed by atoms with Gasteiger partial charge in [0.25, 0.3) is 0 Å². The summed E-state index contributed by atoms with van der Waals surface area (Å²) in [7, 11) is 1.57. The van der Waals surface area contributed by atoms with Gasteiger partial charge < -0.3 is 25.4 Å². The van der Waals surface area contributed by atoms with E-state index < -0.39 is 17.7 Å². The summed E-state index contributed by atoms with van der Waals surface area (Å²) in [5.41, 5.74) is 3.56. The molecule has 1 aliphatic rings. The number of pyridine rings is 1. The zero-order valence-corrected chi connectivity index (χ0v) is 27.7. The van der Waals surface area contributed by atoms with Crippen molar-refractivity contribution in [2.45, 2.75) is 64.5 Å². The second-order valence-electron chi connectivity index (χ2n) is 13.0. The molecule has 2 aromatic heterocycles. The number of nitrogens with zero attached hydrogens (tertiary/aromatic N) is 4. The average molecular weight is 655 g/mol. The lowest BCUT2D eigenvalue weighted by atomic mass is 9.81. The van der Waals surface area contributed by atoms with Gasteiger partial charge in [-0.25, -0.2) is 9.78 Å². The molecule has 13 nitrogen and oxygen atoms in total. The van der Waals surface area contributed by atoms with Gasteiger partial charge in [-0.1, -0.05) is 24.3 Å². The molecule has 5 rings (SSSR count). The van der Waals surface area contributed by atoms with Crippen LogP contribution in [0.3, 0.4) is 0 Å². The number of carbonyl (C=O) groups excluding carboxylic acids is 3. The molecule has 0 spiro atoms. The Morgan fingerprint density at radius 3 is 2.21 bits per heavy atom. The first-order valence-electron chi connectivity index (χ1n) is 16.1. The first-order chi connectivity index (χ1) is 23.1. The van der Waals surface area contributed by atoms with E-state index in [2.05, 4.69) is 41.6 Å². The molecule has 0 saturated heterocycles. The van der Waals surface area contributed by atoms with Crippen molar-refractivity contribution in [1.82, 2.24) is 36.2 Å². The lowest BCUT2D eigenvalue weighted by Gasteiger charge is -2.29. The molecule has 4 aromatic rings. The van der Waals surface area contributed by atoms with Crippen molar-refractivity contribution in [2.75, 3.05) is 19.0 Å². The highest BCUT2D eigenvalue weighted by Gasteiger charge is 2.30. The van der Waals surface area contributed by atoms with Gasteiger partial charge in [-0.05, 0) is 99.0 Å². The number of carbonyl (C=O) groups is 3. The molecule has 2 heterocycles. The van der Waals surface area contributed by atoms with Crippen LogP contribution in [0.25, 0.3) is 22.5 Å². The third-order valence-corrected chi connectivity index (χ3v) is 8.21.